The number of carbonyl (C=O) groups excluding carboxylic acids is 1. The molecule has 156 valence electrons. The largest absolute Gasteiger partial charge is 0.497 e. The Morgan fingerprint density at radius 3 is 2.34 bits per heavy atom. The Kier molecular flexibility index (Phi) is 6.85. The highest BCUT2D eigenvalue weighted by atomic mass is 19.1. The van der Waals surface area contributed by atoms with E-state index < -0.39 is 11.6 Å². The van der Waals surface area contributed by atoms with E-state index in [2.05, 4.69) is 0 Å². The average molecular weight is 402 g/mol. The van der Waals surface area contributed by atoms with Gasteiger partial charge in [0.15, 0.2) is 0 Å². The molecule has 0 radical (unpaired) electrons. The molecule has 1 aliphatic heterocycles. The summed E-state index contributed by atoms with van der Waals surface area (Å²) in [7, 11) is 1.61. The minimum atomic E-state index is -0.514. The molecule has 4 nitrogen and oxygen atoms in total. The lowest BCUT2D eigenvalue weighted by Gasteiger charge is -2.39. The molecule has 0 N–H and O–H groups in total. The Morgan fingerprint density at radius 1 is 1.14 bits per heavy atom. The number of benzene rings is 2. The van der Waals surface area contributed by atoms with E-state index in [0.29, 0.717) is 18.8 Å². The molecule has 0 bridgehead atoms. The molecule has 0 saturated carbocycles. The number of amides is 1. The molecule has 0 spiro atoms. The number of likely N-dealkylation sites (tertiary alicyclic amines) is 1. The zero-order chi connectivity index (χ0) is 21.0. The number of carbonyl (C=O) groups is 1. The maximum atomic E-state index is 14.0. The first-order valence-electron chi connectivity index (χ1n) is 10.0. The number of methoxy groups -OCH3 is 1. The Balaban J connectivity index is 1.74. The molecule has 1 amide bonds. The van der Waals surface area contributed by atoms with Gasteiger partial charge in [0.25, 0.3) is 0 Å². The average Bonchev–Trinajstić information content (AvgIpc) is 2.72. The van der Waals surface area contributed by atoms with E-state index >= 15 is 0 Å². The molecule has 0 atom stereocenters. The second-order valence-electron chi connectivity index (χ2n) is 7.77. The summed E-state index contributed by atoms with van der Waals surface area (Å²) in [6.45, 7) is 5.37. The Morgan fingerprint density at radius 2 is 1.76 bits per heavy atom. The fourth-order valence-corrected chi connectivity index (χ4v) is 3.80. The highest BCUT2D eigenvalue weighted by molar-refractivity contribution is 5.95. The van der Waals surface area contributed by atoms with Crippen molar-refractivity contribution in [1.29, 1.82) is 0 Å². The van der Waals surface area contributed by atoms with E-state index in [0.717, 1.165) is 18.5 Å². The van der Waals surface area contributed by atoms with Crippen molar-refractivity contribution < 1.29 is 18.3 Å². The molecule has 0 unspecified atom stereocenters. The minimum absolute atomic E-state index is 0.0405. The zero-order valence-electron chi connectivity index (χ0n) is 17.2. The highest BCUT2D eigenvalue weighted by Gasteiger charge is 2.31. The van der Waals surface area contributed by atoms with E-state index in [1.54, 1.807) is 7.11 Å². The number of hydrogen-bond donors (Lipinski definition) is 0. The quantitative estimate of drug-likeness (QED) is 0.706. The lowest BCUT2D eigenvalue weighted by molar-refractivity contribution is -0.122. The summed E-state index contributed by atoms with van der Waals surface area (Å²) < 4.78 is 33.3. The van der Waals surface area contributed by atoms with E-state index in [1.165, 1.54) is 18.2 Å². The van der Waals surface area contributed by atoms with Crippen LogP contribution in [0.2, 0.25) is 0 Å². The molecule has 6 heteroatoms. The molecular formula is C23H28F2N2O2. The van der Waals surface area contributed by atoms with Crippen LogP contribution in [-0.2, 0) is 11.3 Å². The molecule has 1 fully saturated rings. The number of piperidine rings is 1. The third-order valence-electron chi connectivity index (χ3n) is 5.43. The van der Waals surface area contributed by atoms with Crippen molar-refractivity contribution in [2.24, 2.45) is 5.92 Å². The molecule has 29 heavy (non-hydrogen) atoms. The smallest absolute Gasteiger partial charge is 0.229 e. The van der Waals surface area contributed by atoms with Crippen LogP contribution in [0, 0.1) is 17.6 Å². The van der Waals surface area contributed by atoms with Crippen LogP contribution < -0.4 is 9.64 Å². The van der Waals surface area contributed by atoms with Crippen LogP contribution in [0.15, 0.2) is 42.5 Å². The summed E-state index contributed by atoms with van der Waals surface area (Å²) in [5, 5.41) is 0. The fourth-order valence-electron chi connectivity index (χ4n) is 3.80. The van der Waals surface area contributed by atoms with E-state index in [9.17, 15) is 13.6 Å². The Labute approximate surface area is 171 Å². The number of ether oxygens (including phenoxy) is 1. The lowest BCUT2D eigenvalue weighted by atomic mass is 9.99. The molecule has 3 rings (SSSR count). The summed E-state index contributed by atoms with van der Waals surface area (Å²) in [4.78, 5) is 16.9. The Hall–Kier alpha value is -2.47. The van der Waals surface area contributed by atoms with Gasteiger partial charge in [-0.1, -0.05) is 26.0 Å². The standard InChI is InChI=1S/C23H28F2N2O2/c1-16(2)23(28)27(18-6-4-7-19(14-18)29-3)17-10-12-26(13-11-17)15-20-21(24)8-5-9-22(20)25/h4-9,14,16-17H,10-13,15H2,1-3H3. The first kappa shape index (κ1) is 21.2. The van der Waals surface area contributed by atoms with Crippen LogP contribution in [0.25, 0.3) is 0 Å². The van der Waals surface area contributed by atoms with Crippen LogP contribution >= 0.6 is 0 Å². The van der Waals surface area contributed by atoms with Crippen LogP contribution in [0.5, 0.6) is 5.75 Å². The molecular weight excluding hydrogens is 374 g/mol. The lowest BCUT2D eigenvalue weighted by Crippen LogP contribution is -2.48. The molecule has 1 aliphatic rings. The van der Waals surface area contributed by atoms with Crippen molar-refractivity contribution in [2.45, 2.75) is 39.3 Å². The van der Waals surface area contributed by atoms with Crippen molar-refractivity contribution >= 4 is 11.6 Å². The van der Waals surface area contributed by atoms with Gasteiger partial charge in [0.2, 0.25) is 5.91 Å². The number of anilines is 1. The normalized spacial score (nSPS) is 15.5. The molecule has 1 saturated heterocycles. The second-order valence-corrected chi connectivity index (χ2v) is 7.77. The molecule has 2 aromatic rings. The minimum Gasteiger partial charge on any atom is -0.497 e. The van der Waals surface area contributed by atoms with Crippen molar-refractivity contribution in [3.05, 3.63) is 59.7 Å². The van der Waals surface area contributed by atoms with Crippen LogP contribution in [0.3, 0.4) is 0 Å². The number of nitrogens with zero attached hydrogens (tertiary/aromatic N) is 2. The van der Waals surface area contributed by atoms with Gasteiger partial charge in [-0.2, -0.15) is 0 Å². The van der Waals surface area contributed by atoms with Gasteiger partial charge in [-0.05, 0) is 37.1 Å². The van der Waals surface area contributed by atoms with Gasteiger partial charge in [0, 0.05) is 48.9 Å². The molecule has 0 aromatic heterocycles. The third-order valence-corrected chi connectivity index (χ3v) is 5.43. The van der Waals surface area contributed by atoms with Gasteiger partial charge >= 0.3 is 0 Å². The number of halogens is 2. The molecule has 0 aliphatic carbocycles. The maximum Gasteiger partial charge on any atom is 0.229 e. The van der Waals surface area contributed by atoms with Gasteiger partial charge in [-0.15, -0.1) is 0 Å². The maximum absolute atomic E-state index is 14.0. The van der Waals surface area contributed by atoms with E-state index in [4.69, 9.17) is 4.74 Å². The van der Waals surface area contributed by atoms with Gasteiger partial charge in [0.1, 0.15) is 17.4 Å². The van der Waals surface area contributed by atoms with E-state index in [-0.39, 0.29) is 30.0 Å². The summed E-state index contributed by atoms with van der Waals surface area (Å²) in [5.74, 6) is -0.389. The first-order chi connectivity index (χ1) is 13.9. The fraction of sp³-hybridized carbons (Fsp3) is 0.435. The van der Waals surface area contributed by atoms with Gasteiger partial charge in [-0.3, -0.25) is 9.69 Å². The van der Waals surface area contributed by atoms with Crippen LogP contribution in [-0.4, -0.2) is 37.0 Å². The predicted molar refractivity (Wildman–Crippen MR) is 110 cm³/mol. The van der Waals surface area contributed by atoms with Crippen molar-refractivity contribution in [3.8, 4) is 5.75 Å². The summed E-state index contributed by atoms with van der Waals surface area (Å²) >= 11 is 0. The van der Waals surface area contributed by atoms with Crippen LogP contribution in [0.4, 0.5) is 14.5 Å². The van der Waals surface area contributed by atoms with E-state index in [1.807, 2.05) is 47.9 Å². The van der Waals surface area contributed by atoms with Gasteiger partial charge in [-0.25, -0.2) is 8.78 Å². The van der Waals surface area contributed by atoms with Gasteiger partial charge in [0.05, 0.1) is 7.11 Å². The molecule has 1 heterocycles. The molecule has 2 aromatic carbocycles. The van der Waals surface area contributed by atoms with Crippen molar-refractivity contribution in [3.63, 3.8) is 0 Å². The van der Waals surface area contributed by atoms with Crippen molar-refractivity contribution in [1.82, 2.24) is 4.90 Å². The summed E-state index contributed by atoms with van der Waals surface area (Å²) in [6, 6.07) is 11.5. The second kappa shape index (κ2) is 9.35. The first-order valence-corrected chi connectivity index (χ1v) is 10.0. The van der Waals surface area contributed by atoms with Crippen molar-refractivity contribution in [2.75, 3.05) is 25.1 Å². The monoisotopic (exact) mass is 402 g/mol. The topological polar surface area (TPSA) is 32.8 Å². The zero-order valence-corrected chi connectivity index (χ0v) is 17.2. The SMILES string of the molecule is COc1cccc(N(C(=O)C(C)C)C2CCN(Cc3c(F)cccc3F)CC2)c1. The third kappa shape index (κ3) is 4.93. The number of hydrogen-bond acceptors (Lipinski definition) is 3. The van der Waals surface area contributed by atoms with Gasteiger partial charge < -0.3 is 9.64 Å². The predicted octanol–water partition coefficient (Wildman–Crippen LogP) is 4.63. The number of rotatable bonds is 6. The highest BCUT2D eigenvalue weighted by Crippen LogP contribution is 2.29. The summed E-state index contributed by atoms with van der Waals surface area (Å²) in [5.41, 5.74) is 0.926. The van der Waals surface area contributed by atoms with Crippen LogP contribution in [0.1, 0.15) is 32.3 Å². The summed E-state index contributed by atoms with van der Waals surface area (Å²) in [6.07, 6.45) is 1.48. The Bertz CT molecular complexity index is 828.